The Kier molecular flexibility index (Phi) is 4.32. The minimum absolute atomic E-state index is 0.312. The molecule has 0 bridgehead atoms. The van der Waals surface area contributed by atoms with Gasteiger partial charge in [0.1, 0.15) is 0 Å². The largest absolute Gasteiger partial charge is 0.306 e. The normalized spacial score (nSPS) is 12.5. The van der Waals surface area contributed by atoms with Crippen molar-refractivity contribution >= 4 is 26.8 Å². The molecule has 1 heterocycles. The molecule has 0 aliphatic rings. The first-order valence-electron chi connectivity index (χ1n) is 7.05. The SMILES string of the molecule is C[C@@H](NCc1ccc2ncccc2c1)c1cccc(Br)c1. The van der Waals surface area contributed by atoms with Gasteiger partial charge in [0, 0.05) is 28.6 Å². The molecule has 0 amide bonds. The fraction of sp³-hybridized carbons (Fsp3) is 0.167. The van der Waals surface area contributed by atoms with Crippen LogP contribution in [0.3, 0.4) is 0 Å². The van der Waals surface area contributed by atoms with E-state index in [0.29, 0.717) is 6.04 Å². The number of halogens is 1. The summed E-state index contributed by atoms with van der Waals surface area (Å²) in [5, 5.41) is 4.75. The zero-order valence-electron chi connectivity index (χ0n) is 11.9. The summed E-state index contributed by atoms with van der Waals surface area (Å²) >= 11 is 3.52. The van der Waals surface area contributed by atoms with Crippen LogP contribution in [0.2, 0.25) is 0 Å². The molecule has 106 valence electrons. The van der Waals surface area contributed by atoms with E-state index in [-0.39, 0.29) is 0 Å². The van der Waals surface area contributed by atoms with Gasteiger partial charge in [-0.05, 0) is 48.4 Å². The molecule has 0 fully saturated rings. The first kappa shape index (κ1) is 14.2. The molecule has 0 saturated carbocycles. The molecule has 1 aromatic heterocycles. The van der Waals surface area contributed by atoms with Gasteiger partial charge in [-0.15, -0.1) is 0 Å². The number of hydrogen-bond acceptors (Lipinski definition) is 2. The van der Waals surface area contributed by atoms with Gasteiger partial charge in [-0.25, -0.2) is 0 Å². The predicted octanol–water partition coefficient (Wildman–Crippen LogP) is 4.85. The van der Waals surface area contributed by atoms with Gasteiger partial charge in [-0.2, -0.15) is 0 Å². The van der Waals surface area contributed by atoms with Crippen molar-refractivity contribution in [1.29, 1.82) is 0 Å². The van der Waals surface area contributed by atoms with Crippen LogP contribution in [0.5, 0.6) is 0 Å². The minimum atomic E-state index is 0.312. The van der Waals surface area contributed by atoms with Crippen LogP contribution < -0.4 is 5.32 Å². The summed E-state index contributed by atoms with van der Waals surface area (Å²) in [5.41, 5.74) is 3.60. The Morgan fingerprint density at radius 3 is 2.86 bits per heavy atom. The summed E-state index contributed by atoms with van der Waals surface area (Å²) in [6.45, 7) is 3.03. The van der Waals surface area contributed by atoms with E-state index in [1.807, 2.05) is 18.3 Å². The first-order valence-corrected chi connectivity index (χ1v) is 7.84. The zero-order valence-corrected chi connectivity index (χ0v) is 13.5. The lowest BCUT2D eigenvalue weighted by Gasteiger charge is -2.15. The van der Waals surface area contributed by atoms with Gasteiger partial charge in [0.15, 0.2) is 0 Å². The molecule has 3 aromatic rings. The quantitative estimate of drug-likeness (QED) is 0.734. The van der Waals surface area contributed by atoms with Crippen molar-refractivity contribution in [1.82, 2.24) is 10.3 Å². The van der Waals surface area contributed by atoms with E-state index in [1.54, 1.807) is 0 Å². The highest BCUT2D eigenvalue weighted by Crippen LogP contribution is 2.19. The summed E-state index contributed by atoms with van der Waals surface area (Å²) < 4.78 is 1.12. The lowest BCUT2D eigenvalue weighted by Crippen LogP contribution is -2.18. The van der Waals surface area contributed by atoms with Crippen molar-refractivity contribution in [3.8, 4) is 0 Å². The Morgan fingerprint density at radius 1 is 1.10 bits per heavy atom. The van der Waals surface area contributed by atoms with Crippen molar-refractivity contribution < 1.29 is 0 Å². The van der Waals surface area contributed by atoms with Gasteiger partial charge in [-0.1, -0.05) is 40.2 Å². The van der Waals surface area contributed by atoms with Crippen LogP contribution in [-0.2, 0) is 6.54 Å². The van der Waals surface area contributed by atoms with Gasteiger partial charge < -0.3 is 5.32 Å². The van der Waals surface area contributed by atoms with Crippen LogP contribution in [0.15, 0.2) is 65.3 Å². The van der Waals surface area contributed by atoms with E-state index in [4.69, 9.17) is 0 Å². The van der Waals surface area contributed by atoms with Crippen molar-refractivity contribution in [2.24, 2.45) is 0 Å². The molecular weight excluding hydrogens is 324 g/mol. The summed E-state index contributed by atoms with van der Waals surface area (Å²) in [4.78, 5) is 4.35. The smallest absolute Gasteiger partial charge is 0.0702 e. The van der Waals surface area contributed by atoms with E-state index in [2.05, 4.69) is 75.6 Å². The Bertz CT molecular complexity index is 755. The van der Waals surface area contributed by atoms with Gasteiger partial charge in [0.25, 0.3) is 0 Å². The predicted molar refractivity (Wildman–Crippen MR) is 91.1 cm³/mol. The molecule has 0 aliphatic carbocycles. The van der Waals surface area contributed by atoms with Crippen LogP contribution in [0.1, 0.15) is 24.1 Å². The van der Waals surface area contributed by atoms with Crippen LogP contribution in [0.4, 0.5) is 0 Å². The molecule has 2 aromatic carbocycles. The fourth-order valence-electron chi connectivity index (χ4n) is 2.40. The summed E-state index contributed by atoms with van der Waals surface area (Å²) in [6, 6.07) is 19.2. The number of pyridine rings is 1. The average molecular weight is 341 g/mol. The highest BCUT2D eigenvalue weighted by atomic mass is 79.9. The third-order valence-electron chi connectivity index (χ3n) is 3.63. The molecule has 0 spiro atoms. The van der Waals surface area contributed by atoms with E-state index < -0.39 is 0 Å². The zero-order chi connectivity index (χ0) is 14.7. The van der Waals surface area contributed by atoms with Crippen LogP contribution >= 0.6 is 15.9 Å². The number of rotatable bonds is 4. The van der Waals surface area contributed by atoms with Crippen molar-refractivity contribution in [3.05, 3.63) is 76.4 Å². The maximum absolute atomic E-state index is 4.35. The van der Waals surface area contributed by atoms with Crippen LogP contribution in [-0.4, -0.2) is 4.98 Å². The Hall–Kier alpha value is -1.71. The van der Waals surface area contributed by atoms with Crippen molar-refractivity contribution in [2.75, 3.05) is 0 Å². The fourth-order valence-corrected chi connectivity index (χ4v) is 2.82. The molecule has 3 rings (SSSR count). The van der Waals surface area contributed by atoms with E-state index in [1.165, 1.54) is 16.5 Å². The minimum Gasteiger partial charge on any atom is -0.306 e. The first-order chi connectivity index (χ1) is 10.2. The molecule has 0 aliphatic heterocycles. The standard InChI is InChI=1S/C18H17BrN2/c1-13(15-4-2-6-17(19)11-15)21-12-14-7-8-18-16(10-14)5-3-9-20-18/h2-11,13,21H,12H2,1H3/t13-/m1/s1. The number of hydrogen-bond donors (Lipinski definition) is 1. The lowest BCUT2D eigenvalue weighted by molar-refractivity contribution is 0.575. The highest BCUT2D eigenvalue weighted by molar-refractivity contribution is 9.10. The van der Waals surface area contributed by atoms with Crippen molar-refractivity contribution in [2.45, 2.75) is 19.5 Å². The maximum atomic E-state index is 4.35. The molecule has 3 heteroatoms. The Morgan fingerprint density at radius 2 is 2.00 bits per heavy atom. The van der Waals surface area contributed by atoms with Gasteiger partial charge >= 0.3 is 0 Å². The Labute approximate surface area is 133 Å². The molecule has 0 unspecified atom stereocenters. The van der Waals surface area contributed by atoms with Crippen LogP contribution in [0.25, 0.3) is 10.9 Å². The second-order valence-electron chi connectivity index (χ2n) is 5.19. The third-order valence-corrected chi connectivity index (χ3v) is 4.12. The molecule has 2 nitrogen and oxygen atoms in total. The second-order valence-corrected chi connectivity index (χ2v) is 6.10. The molecule has 1 atom stereocenters. The summed E-state index contributed by atoms with van der Waals surface area (Å²) in [7, 11) is 0. The number of benzene rings is 2. The third kappa shape index (κ3) is 3.49. The van der Waals surface area contributed by atoms with E-state index in [0.717, 1.165) is 16.5 Å². The second kappa shape index (κ2) is 6.37. The molecule has 0 radical (unpaired) electrons. The van der Waals surface area contributed by atoms with Crippen molar-refractivity contribution in [3.63, 3.8) is 0 Å². The maximum Gasteiger partial charge on any atom is 0.0702 e. The topological polar surface area (TPSA) is 24.9 Å². The highest BCUT2D eigenvalue weighted by Gasteiger charge is 2.05. The van der Waals surface area contributed by atoms with E-state index in [9.17, 15) is 0 Å². The van der Waals surface area contributed by atoms with Gasteiger partial charge in [0.2, 0.25) is 0 Å². The lowest BCUT2D eigenvalue weighted by atomic mass is 10.1. The van der Waals surface area contributed by atoms with Gasteiger partial charge in [0.05, 0.1) is 5.52 Å². The number of nitrogens with zero attached hydrogens (tertiary/aromatic N) is 1. The monoisotopic (exact) mass is 340 g/mol. The molecule has 0 saturated heterocycles. The van der Waals surface area contributed by atoms with Crippen LogP contribution in [0, 0.1) is 0 Å². The number of fused-ring (bicyclic) bond motifs is 1. The number of nitrogens with one attached hydrogen (secondary N) is 1. The van der Waals surface area contributed by atoms with E-state index >= 15 is 0 Å². The summed E-state index contributed by atoms with van der Waals surface area (Å²) in [6.07, 6.45) is 1.83. The Balaban J connectivity index is 1.71. The summed E-state index contributed by atoms with van der Waals surface area (Å²) in [5.74, 6) is 0. The van der Waals surface area contributed by atoms with Gasteiger partial charge in [-0.3, -0.25) is 4.98 Å². The molecule has 21 heavy (non-hydrogen) atoms. The number of aromatic nitrogens is 1. The average Bonchev–Trinajstić information content (AvgIpc) is 2.52. The molecule has 1 N–H and O–H groups in total. The molecular formula is C18H17BrN2.